The molecule has 2 heterocycles. The van der Waals surface area contributed by atoms with E-state index >= 15 is 0 Å². The zero-order valence-corrected chi connectivity index (χ0v) is 7.18. The molecule has 0 N–H and O–H groups in total. The molecule has 0 aromatic heterocycles. The Bertz CT molecular complexity index is 257. The van der Waals surface area contributed by atoms with E-state index in [0.29, 0.717) is 0 Å². The Morgan fingerprint density at radius 1 is 0.818 bits per heavy atom. The normalized spacial score (nSPS) is 57.1. The zero-order chi connectivity index (χ0) is 7.64. The maximum atomic E-state index is 11.6. The van der Waals surface area contributed by atoms with Crippen LogP contribution in [0, 0.1) is 11.8 Å². The second-order valence-electron chi connectivity index (χ2n) is 4.30. The van der Waals surface area contributed by atoms with E-state index in [0.717, 1.165) is 37.5 Å². The average Bonchev–Trinajstić information content (AvgIpc) is 2.33. The lowest BCUT2D eigenvalue weighted by Crippen LogP contribution is -2.34. The van der Waals surface area contributed by atoms with Crippen molar-refractivity contribution in [1.82, 2.24) is 0 Å². The van der Waals surface area contributed by atoms with Crippen LogP contribution in [-0.2, 0) is 9.84 Å². The van der Waals surface area contributed by atoms with Crippen LogP contribution >= 0.6 is 0 Å². The van der Waals surface area contributed by atoms with Crippen LogP contribution in [0.15, 0.2) is 0 Å². The first-order valence-corrected chi connectivity index (χ1v) is 6.01. The van der Waals surface area contributed by atoms with Gasteiger partial charge in [0.1, 0.15) is 0 Å². The monoisotopic (exact) mass is 172 g/mol. The molecule has 2 saturated carbocycles. The van der Waals surface area contributed by atoms with E-state index in [1.54, 1.807) is 0 Å². The summed E-state index contributed by atoms with van der Waals surface area (Å²) in [5, 5.41) is 0.148. The largest absolute Gasteiger partial charge is 0.228 e. The molecular formula is C8H12O2S. The van der Waals surface area contributed by atoms with Crippen molar-refractivity contribution in [2.45, 2.75) is 36.2 Å². The van der Waals surface area contributed by atoms with Crippen molar-refractivity contribution in [1.29, 1.82) is 0 Å². The molecule has 0 unspecified atom stereocenters. The van der Waals surface area contributed by atoms with Gasteiger partial charge in [-0.15, -0.1) is 0 Å². The number of rotatable bonds is 0. The second-order valence-corrected chi connectivity index (χ2v) is 6.81. The summed E-state index contributed by atoms with van der Waals surface area (Å²) in [6.45, 7) is 0. The molecule has 3 heteroatoms. The van der Waals surface area contributed by atoms with E-state index in [4.69, 9.17) is 0 Å². The first-order valence-electron chi connectivity index (χ1n) is 4.40. The highest BCUT2D eigenvalue weighted by molar-refractivity contribution is 7.92. The Hall–Kier alpha value is -0.0500. The van der Waals surface area contributed by atoms with Gasteiger partial charge in [0.25, 0.3) is 0 Å². The van der Waals surface area contributed by atoms with Gasteiger partial charge in [-0.2, -0.15) is 0 Å². The Morgan fingerprint density at radius 2 is 1.18 bits per heavy atom. The SMILES string of the molecule is O=S1(=O)C2CC3CC1CC3C2. The Labute approximate surface area is 66.9 Å². The van der Waals surface area contributed by atoms with Gasteiger partial charge in [-0.3, -0.25) is 0 Å². The topological polar surface area (TPSA) is 34.1 Å². The van der Waals surface area contributed by atoms with Gasteiger partial charge in [-0.25, -0.2) is 8.42 Å². The van der Waals surface area contributed by atoms with Crippen molar-refractivity contribution >= 4 is 9.84 Å². The molecular weight excluding hydrogens is 160 g/mol. The summed E-state index contributed by atoms with van der Waals surface area (Å²) in [5.41, 5.74) is 0. The van der Waals surface area contributed by atoms with Crippen LogP contribution in [-0.4, -0.2) is 18.9 Å². The molecule has 2 saturated heterocycles. The van der Waals surface area contributed by atoms with Gasteiger partial charge >= 0.3 is 0 Å². The van der Waals surface area contributed by atoms with Crippen molar-refractivity contribution in [2.24, 2.45) is 11.8 Å². The van der Waals surface area contributed by atoms with Gasteiger partial charge in [0.2, 0.25) is 0 Å². The maximum absolute atomic E-state index is 11.6. The van der Waals surface area contributed by atoms with Crippen LogP contribution in [0.4, 0.5) is 0 Å². The molecule has 4 aliphatic rings. The van der Waals surface area contributed by atoms with E-state index < -0.39 is 9.84 Å². The van der Waals surface area contributed by atoms with Crippen molar-refractivity contribution in [3.05, 3.63) is 0 Å². The fraction of sp³-hybridized carbons (Fsp3) is 1.00. The Morgan fingerprint density at radius 3 is 1.55 bits per heavy atom. The molecule has 2 aliphatic heterocycles. The third-order valence-electron chi connectivity index (χ3n) is 3.86. The zero-order valence-electron chi connectivity index (χ0n) is 6.36. The first kappa shape index (κ1) is 6.46. The van der Waals surface area contributed by atoms with Gasteiger partial charge in [0, 0.05) is 0 Å². The summed E-state index contributed by atoms with van der Waals surface area (Å²) >= 11 is 0. The molecule has 4 rings (SSSR count). The summed E-state index contributed by atoms with van der Waals surface area (Å²) in [7, 11) is -2.64. The average molecular weight is 172 g/mol. The predicted molar refractivity (Wildman–Crippen MR) is 41.9 cm³/mol. The fourth-order valence-corrected chi connectivity index (χ4v) is 5.92. The van der Waals surface area contributed by atoms with Crippen LogP contribution in [0.5, 0.6) is 0 Å². The third-order valence-corrected chi connectivity index (χ3v) is 6.49. The van der Waals surface area contributed by atoms with Crippen molar-refractivity contribution < 1.29 is 8.42 Å². The Balaban J connectivity index is 2.15. The van der Waals surface area contributed by atoms with E-state index in [2.05, 4.69) is 0 Å². The molecule has 2 nitrogen and oxygen atoms in total. The van der Waals surface area contributed by atoms with Crippen LogP contribution in [0.25, 0.3) is 0 Å². The maximum Gasteiger partial charge on any atom is 0.156 e. The van der Waals surface area contributed by atoms with Gasteiger partial charge in [0.05, 0.1) is 10.5 Å². The van der Waals surface area contributed by atoms with Crippen molar-refractivity contribution in [3.63, 3.8) is 0 Å². The molecule has 0 amide bonds. The molecule has 62 valence electrons. The molecule has 0 radical (unpaired) electrons. The van der Waals surface area contributed by atoms with Gasteiger partial charge in [0.15, 0.2) is 9.84 Å². The quantitative estimate of drug-likeness (QED) is 0.545. The third kappa shape index (κ3) is 0.616. The minimum atomic E-state index is -2.64. The molecule has 0 spiro atoms. The van der Waals surface area contributed by atoms with Gasteiger partial charge in [-0.05, 0) is 37.5 Å². The lowest BCUT2D eigenvalue weighted by atomic mass is 10.0. The molecule has 0 aromatic carbocycles. The molecule has 0 atom stereocenters. The molecule has 0 aromatic rings. The minimum absolute atomic E-state index is 0.0741. The molecule has 11 heavy (non-hydrogen) atoms. The van der Waals surface area contributed by atoms with Crippen LogP contribution in [0.1, 0.15) is 25.7 Å². The predicted octanol–water partition coefficient (Wildman–Crippen LogP) is 0.972. The molecule has 2 aliphatic carbocycles. The van der Waals surface area contributed by atoms with Crippen molar-refractivity contribution in [3.8, 4) is 0 Å². The highest BCUT2D eigenvalue weighted by Crippen LogP contribution is 2.54. The van der Waals surface area contributed by atoms with Gasteiger partial charge in [-0.1, -0.05) is 0 Å². The standard InChI is InChI=1S/C8H12O2S/c9-11(10)7-1-5-2-8(11)4-6(5)3-7/h5-8H,1-4H2. The van der Waals surface area contributed by atoms with E-state index in [1.165, 1.54) is 0 Å². The van der Waals surface area contributed by atoms with Crippen molar-refractivity contribution in [2.75, 3.05) is 0 Å². The van der Waals surface area contributed by atoms with E-state index in [-0.39, 0.29) is 10.5 Å². The van der Waals surface area contributed by atoms with E-state index in [1.807, 2.05) is 0 Å². The lowest BCUT2D eigenvalue weighted by molar-refractivity contribution is 0.457. The fourth-order valence-electron chi connectivity index (χ4n) is 3.31. The van der Waals surface area contributed by atoms with Crippen LogP contribution in [0.3, 0.4) is 0 Å². The number of hydrogen-bond acceptors (Lipinski definition) is 2. The summed E-state index contributed by atoms with van der Waals surface area (Å²) in [4.78, 5) is 0. The smallest absolute Gasteiger partial charge is 0.156 e. The summed E-state index contributed by atoms with van der Waals surface area (Å²) < 4.78 is 23.2. The summed E-state index contributed by atoms with van der Waals surface area (Å²) in [6.07, 6.45) is 3.96. The van der Waals surface area contributed by atoms with Crippen LogP contribution < -0.4 is 0 Å². The van der Waals surface area contributed by atoms with Gasteiger partial charge < -0.3 is 0 Å². The highest BCUT2D eigenvalue weighted by atomic mass is 32.2. The second kappa shape index (κ2) is 1.65. The van der Waals surface area contributed by atoms with Crippen LogP contribution in [0.2, 0.25) is 0 Å². The first-order chi connectivity index (χ1) is 5.18. The lowest BCUT2D eigenvalue weighted by Gasteiger charge is -2.24. The number of sulfone groups is 1. The highest BCUT2D eigenvalue weighted by Gasteiger charge is 2.56. The Kier molecular flexibility index (Phi) is 0.972. The summed E-state index contributed by atoms with van der Waals surface area (Å²) in [5.74, 6) is 1.57. The number of hydrogen-bond donors (Lipinski definition) is 0. The summed E-state index contributed by atoms with van der Waals surface area (Å²) in [6, 6.07) is 0. The molecule has 4 fully saturated rings. The molecule has 4 bridgehead atoms. The van der Waals surface area contributed by atoms with E-state index in [9.17, 15) is 8.42 Å². The minimum Gasteiger partial charge on any atom is -0.228 e.